The number of hydrogen-bond acceptors (Lipinski definition) is 5. The monoisotopic (exact) mass is 357 g/mol. The Morgan fingerprint density at radius 3 is 2.54 bits per heavy atom. The quantitative estimate of drug-likeness (QED) is 0.910. The van der Waals surface area contributed by atoms with Crippen LogP contribution in [0.4, 0.5) is 10.5 Å². The summed E-state index contributed by atoms with van der Waals surface area (Å²) in [6.45, 7) is 2.83. The number of benzene rings is 1. The number of amides is 3. The maximum absolute atomic E-state index is 12.6. The Balaban J connectivity index is 1.66. The standard InChI is InChI=1S/C18H23N5O3/c1-12-19-16(21-26-12)14-6-4-5-7-15(14)20-18(25)23-10-8-13(9-11-23)17(24)22(2)3/h4-7,13H,8-11H2,1-3H3,(H,20,25). The van der Waals surface area contributed by atoms with Gasteiger partial charge in [0.25, 0.3) is 0 Å². The summed E-state index contributed by atoms with van der Waals surface area (Å²) in [6, 6.07) is 7.15. The Hall–Kier alpha value is -2.90. The predicted molar refractivity (Wildman–Crippen MR) is 96.5 cm³/mol. The molecule has 1 fully saturated rings. The maximum atomic E-state index is 12.6. The van der Waals surface area contributed by atoms with E-state index in [9.17, 15) is 9.59 Å². The molecule has 0 saturated carbocycles. The van der Waals surface area contributed by atoms with Crippen molar-refractivity contribution in [2.45, 2.75) is 19.8 Å². The van der Waals surface area contributed by atoms with E-state index in [1.807, 2.05) is 18.2 Å². The summed E-state index contributed by atoms with van der Waals surface area (Å²) in [5.74, 6) is 1.02. The average molecular weight is 357 g/mol. The third kappa shape index (κ3) is 3.84. The first-order valence-corrected chi connectivity index (χ1v) is 8.62. The molecule has 8 heteroatoms. The molecule has 0 spiro atoms. The fourth-order valence-corrected chi connectivity index (χ4v) is 3.08. The van der Waals surface area contributed by atoms with Crippen LogP contribution in [0.15, 0.2) is 28.8 Å². The van der Waals surface area contributed by atoms with Crippen molar-refractivity contribution in [2.24, 2.45) is 5.92 Å². The van der Waals surface area contributed by atoms with Gasteiger partial charge in [-0.25, -0.2) is 4.79 Å². The molecule has 138 valence electrons. The lowest BCUT2D eigenvalue weighted by Gasteiger charge is -2.32. The number of carbonyl (C=O) groups is 2. The Labute approximate surface area is 152 Å². The number of nitrogens with zero attached hydrogens (tertiary/aromatic N) is 4. The summed E-state index contributed by atoms with van der Waals surface area (Å²) in [4.78, 5) is 32.2. The van der Waals surface area contributed by atoms with Crippen LogP contribution in [0.2, 0.25) is 0 Å². The molecule has 1 aromatic carbocycles. The first kappa shape index (κ1) is 17.9. The minimum absolute atomic E-state index is 0.0105. The van der Waals surface area contributed by atoms with Gasteiger partial charge in [-0.05, 0) is 25.0 Å². The van der Waals surface area contributed by atoms with E-state index >= 15 is 0 Å². The number of hydrogen-bond donors (Lipinski definition) is 1. The highest BCUT2D eigenvalue weighted by atomic mass is 16.5. The number of urea groups is 1. The molecule has 0 unspecified atom stereocenters. The number of aromatic nitrogens is 2. The van der Waals surface area contributed by atoms with E-state index in [4.69, 9.17) is 4.52 Å². The van der Waals surface area contributed by atoms with Crippen molar-refractivity contribution in [3.8, 4) is 11.4 Å². The van der Waals surface area contributed by atoms with Crippen molar-refractivity contribution in [2.75, 3.05) is 32.5 Å². The van der Waals surface area contributed by atoms with Crippen LogP contribution >= 0.6 is 0 Å². The van der Waals surface area contributed by atoms with Crippen LogP contribution in [0.3, 0.4) is 0 Å². The van der Waals surface area contributed by atoms with Gasteiger partial charge in [-0.15, -0.1) is 0 Å². The summed E-state index contributed by atoms with van der Waals surface area (Å²) in [5, 5.41) is 6.84. The highest BCUT2D eigenvalue weighted by Crippen LogP contribution is 2.26. The van der Waals surface area contributed by atoms with E-state index in [2.05, 4.69) is 15.5 Å². The van der Waals surface area contributed by atoms with Gasteiger partial charge in [-0.1, -0.05) is 17.3 Å². The maximum Gasteiger partial charge on any atom is 0.321 e. The van der Waals surface area contributed by atoms with E-state index in [0.717, 1.165) is 0 Å². The van der Waals surface area contributed by atoms with Gasteiger partial charge in [0.05, 0.1) is 5.69 Å². The normalized spacial score (nSPS) is 15.0. The second-order valence-corrected chi connectivity index (χ2v) is 6.61. The zero-order valence-electron chi connectivity index (χ0n) is 15.2. The third-order valence-corrected chi connectivity index (χ3v) is 4.51. The predicted octanol–water partition coefficient (Wildman–Crippen LogP) is 2.38. The van der Waals surface area contributed by atoms with Gasteiger partial charge >= 0.3 is 6.03 Å². The van der Waals surface area contributed by atoms with Crippen molar-refractivity contribution >= 4 is 17.6 Å². The van der Waals surface area contributed by atoms with Gasteiger partial charge < -0.3 is 19.6 Å². The molecule has 0 radical (unpaired) electrons. The van der Waals surface area contributed by atoms with Crippen LogP contribution < -0.4 is 5.32 Å². The second-order valence-electron chi connectivity index (χ2n) is 6.61. The Morgan fingerprint density at radius 2 is 1.92 bits per heavy atom. The number of carbonyl (C=O) groups excluding carboxylic acids is 2. The highest BCUT2D eigenvalue weighted by molar-refractivity contribution is 5.93. The van der Waals surface area contributed by atoms with Crippen molar-refractivity contribution < 1.29 is 14.1 Å². The molecular formula is C18H23N5O3. The second kappa shape index (κ2) is 7.55. The van der Waals surface area contributed by atoms with Crippen molar-refractivity contribution in [3.05, 3.63) is 30.2 Å². The molecule has 8 nitrogen and oxygen atoms in total. The molecule has 1 aliphatic rings. The van der Waals surface area contributed by atoms with E-state index in [-0.39, 0.29) is 17.9 Å². The van der Waals surface area contributed by atoms with Crippen molar-refractivity contribution in [3.63, 3.8) is 0 Å². The number of anilines is 1. The molecule has 1 aliphatic heterocycles. The molecule has 0 atom stereocenters. The number of aryl methyl sites for hydroxylation is 1. The average Bonchev–Trinajstić information content (AvgIpc) is 3.07. The molecule has 3 rings (SSSR count). The SMILES string of the molecule is Cc1nc(-c2ccccc2NC(=O)N2CCC(C(=O)N(C)C)CC2)no1. The smallest absolute Gasteiger partial charge is 0.321 e. The lowest BCUT2D eigenvalue weighted by atomic mass is 9.96. The number of piperidine rings is 1. The summed E-state index contributed by atoms with van der Waals surface area (Å²) in [5.41, 5.74) is 1.33. The zero-order chi connectivity index (χ0) is 18.7. The minimum atomic E-state index is -0.187. The van der Waals surface area contributed by atoms with Gasteiger partial charge in [-0.3, -0.25) is 4.79 Å². The third-order valence-electron chi connectivity index (χ3n) is 4.51. The van der Waals surface area contributed by atoms with Gasteiger partial charge in [0, 0.05) is 45.6 Å². The van der Waals surface area contributed by atoms with Crippen LogP contribution in [0.25, 0.3) is 11.4 Å². The molecule has 2 aromatic rings. The zero-order valence-corrected chi connectivity index (χ0v) is 15.2. The van der Waals surface area contributed by atoms with Crippen LogP contribution in [0, 0.1) is 12.8 Å². The topological polar surface area (TPSA) is 91.6 Å². The van der Waals surface area contributed by atoms with Crippen LogP contribution in [0.5, 0.6) is 0 Å². The first-order chi connectivity index (χ1) is 12.5. The van der Waals surface area contributed by atoms with E-state index in [0.29, 0.717) is 48.9 Å². The first-order valence-electron chi connectivity index (χ1n) is 8.62. The van der Waals surface area contributed by atoms with Crippen LogP contribution in [0.1, 0.15) is 18.7 Å². The Bertz CT molecular complexity index is 794. The molecule has 0 aliphatic carbocycles. The number of para-hydroxylation sites is 1. The molecular weight excluding hydrogens is 334 g/mol. The number of likely N-dealkylation sites (tertiary alicyclic amines) is 1. The van der Waals surface area contributed by atoms with Crippen molar-refractivity contribution in [1.82, 2.24) is 19.9 Å². The van der Waals surface area contributed by atoms with Gasteiger partial charge in [-0.2, -0.15) is 4.98 Å². The molecule has 3 amide bonds. The molecule has 1 aromatic heterocycles. The van der Waals surface area contributed by atoms with Gasteiger partial charge in [0.1, 0.15) is 0 Å². The van der Waals surface area contributed by atoms with Gasteiger partial charge in [0.15, 0.2) is 0 Å². The van der Waals surface area contributed by atoms with E-state index in [1.54, 1.807) is 36.9 Å². The summed E-state index contributed by atoms with van der Waals surface area (Å²) in [6.07, 6.45) is 1.35. The summed E-state index contributed by atoms with van der Waals surface area (Å²) >= 11 is 0. The fraction of sp³-hybridized carbons (Fsp3) is 0.444. The van der Waals surface area contributed by atoms with Crippen LogP contribution in [-0.4, -0.2) is 59.1 Å². The minimum Gasteiger partial charge on any atom is -0.349 e. The molecule has 2 heterocycles. The van der Waals surface area contributed by atoms with Crippen LogP contribution in [-0.2, 0) is 4.79 Å². The lowest BCUT2D eigenvalue weighted by molar-refractivity contribution is -0.134. The molecule has 1 N–H and O–H groups in total. The number of nitrogens with one attached hydrogen (secondary N) is 1. The lowest BCUT2D eigenvalue weighted by Crippen LogP contribution is -2.44. The Kier molecular flexibility index (Phi) is 5.20. The van der Waals surface area contributed by atoms with Gasteiger partial charge in [0.2, 0.25) is 17.6 Å². The molecule has 0 bridgehead atoms. The number of rotatable bonds is 3. The molecule has 1 saturated heterocycles. The Morgan fingerprint density at radius 1 is 1.23 bits per heavy atom. The van der Waals surface area contributed by atoms with Crippen molar-refractivity contribution in [1.29, 1.82) is 0 Å². The fourth-order valence-electron chi connectivity index (χ4n) is 3.08. The largest absolute Gasteiger partial charge is 0.349 e. The summed E-state index contributed by atoms with van der Waals surface area (Å²) < 4.78 is 5.03. The highest BCUT2D eigenvalue weighted by Gasteiger charge is 2.28. The molecule has 26 heavy (non-hydrogen) atoms. The van der Waals surface area contributed by atoms with E-state index < -0.39 is 0 Å². The van der Waals surface area contributed by atoms with E-state index in [1.165, 1.54) is 0 Å². The summed E-state index contributed by atoms with van der Waals surface area (Å²) in [7, 11) is 3.52.